The number of hydrogen-bond acceptors (Lipinski definition) is 4. The van der Waals surface area contributed by atoms with Crippen LogP contribution in [0.15, 0.2) is 61.2 Å². The Balaban J connectivity index is 1.67. The molecule has 94 valence electrons. The second-order valence-electron chi connectivity index (χ2n) is 4.04. The first kappa shape index (κ1) is 11.4. The molecule has 1 aromatic carbocycles. The Labute approximate surface area is 111 Å². The smallest absolute Gasteiger partial charge is 0.222 e. The van der Waals surface area contributed by atoms with Crippen molar-refractivity contribution < 1.29 is 0 Å². The van der Waals surface area contributed by atoms with Crippen LogP contribution in [-0.4, -0.2) is 19.7 Å². The van der Waals surface area contributed by atoms with Crippen molar-refractivity contribution in [3.8, 4) is 5.69 Å². The zero-order valence-electron chi connectivity index (χ0n) is 10.3. The van der Waals surface area contributed by atoms with E-state index in [1.807, 2.05) is 29.1 Å². The maximum atomic E-state index is 4.19. The SMILES string of the molecule is c1cnc(NCc2ccc(-n3cccn3)cc2)nc1. The second-order valence-corrected chi connectivity index (χ2v) is 4.04. The minimum absolute atomic E-state index is 0.638. The zero-order valence-corrected chi connectivity index (χ0v) is 10.3. The topological polar surface area (TPSA) is 55.6 Å². The summed E-state index contributed by atoms with van der Waals surface area (Å²) < 4.78 is 1.83. The van der Waals surface area contributed by atoms with Crippen LogP contribution in [0.1, 0.15) is 5.56 Å². The van der Waals surface area contributed by atoms with E-state index in [-0.39, 0.29) is 0 Å². The third-order valence-corrected chi connectivity index (χ3v) is 2.72. The summed E-state index contributed by atoms with van der Waals surface area (Å²) >= 11 is 0. The van der Waals surface area contributed by atoms with Gasteiger partial charge in [-0.05, 0) is 29.8 Å². The van der Waals surface area contributed by atoms with E-state index in [0.29, 0.717) is 12.5 Å². The fraction of sp³-hybridized carbons (Fsp3) is 0.0714. The van der Waals surface area contributed by atoms with E-state index in [2.05, 4.69) is 32.5 Å². The third-order valence-electron chi connectivity index (χ3n) is 2.72. The number of nitrogens with one attached hydrogen (secondary N) is 1. The van der Waals surface area contributed by atoms with Crippen molar-refractivity contribution in [2.45, 2.75) is 6.54 Å². The molecule has 2 aromatic heterocycles. The van der Waals surface area contributed by atoms with Crippen molar-refractivity contribution in [3.05, 3.63) is 66.7 Å². The van der Waals surface area contributed by atoms with Crippen molar-refractivity contribution >= 4 is 5.95 Å². The van der Waals surface area contributed by atoms with Crippen LogP contribution in [0.2, 0.25) is 0 Å². The summed E-state index contributed by atoms with van der Waals surface area (Å²) in [6, 6.07) is 11.9. The van der Waals surface area contributed by atoms with Crippen molar-refractivity contribution in [2.75, 3.05) is 5.32 Å². The molecule has 0 spiro atoms. The lowest BCUT2D eigenvalue weighted by Crippen LogP contribution is -2.03. The van der Waals surface area contributed by atoms with E-state index in [1.54, 1.807) is 24.7 Å². The highest BCUT2D eigenvalue weighted by Crippen LogP contribution is 2.09. The molecule has 0 radical (unpaired) electrons. The van der Waals surface area contributed by atoms with Crippen molar-refractivity contribution in [3.63, 3.8) is 0 Å². The van der Waals surface area contributed by atoms with E-state index in [9.17, 15) is 0 Å². The summed E-state index contributed by atoms with van der Waals surface area (Å²) in [5.41, 5.74) is 2.22. The van der Waals surface area contributed by atoms with Crippen LogP contribution in [-0.2, 0) is 6.54 Å². The van der Waals surface area contributed by atoms with Gasteiger partial charge < -0.3 is 5.32 Å². The summed E-state index contributed by atoms with van der Waals surface area (Å²) in [4.78, 5) is 8.23. The molecule has 0 aliphatic carbocycles. The maximum Gasteiger partial charge on any atom is 0.222 e. The molecule has 0 unspecified atom stereocenters. The first-order chi connectivity index (χ1) is 9.42. The Morgan fingerprint density at radius 2 is 1.74 bits per heavy atom. The fourth-order valence-corrected chi connectivity index (χ4v) is 1.76. The van der Waals surface area contributed by atoms with Gasteiger partial charge in [0.2, 0.25) is 5.95 Å². The molecule has 0 atom stereocenters. The van der Waals surface area contributed by atoms with E-state index in [4.69, 9.17) is 0 Å². The monoisotopic (exact) mass is 251 g/mol. The van der Waals surface area contributed by atoms with Gasteiger partial charge in [0, 0.05) is 31.3 Å². The standard InChI is InChI=1S/C14H13N5/c1-7-15-14(16-8-1)17-11-12-3-5-13(6-4-12)19-10-2-9-18-19/h1-10H,11H2,(H,15,16,17). The molecule has 3 aromatic rings. The zero-order chi connectivity index (χ0) is 12.9. The molecule has 0 aliphatic rings. The average molecular weight is 251 g/mol. The first-order valence-electron chi connectivity index (χ1n) is 6.02. The van der Waals surface area contributed by atoms with E-state index < -0.39 is 0 Å². The quantitative estimate of drug-likeness (QED) is 0.773. The summed E-state index contributed by atoms with van der Waals surface area (Å²) in [5, 5.41) is 7.36. The summed E-state index contributed by atoms with van der Waals surface area (Å²) in [6.07, 6.45) is 7.12. The van der Waals surface area contributed by atoms with Gasteiger partial charge in [0.15, 0.2) is 0 Å². The molecule has 0 saturated heterocycles. The average Bonchev–Trinajstić information content (AvgIpc) is 3.01. The molecule has 5 nitrogen and oxygen atoms in total. The molecule has 0 aliphatic heterocycles. The highest BCUT2D eigenvalue weighted by molar-refractivity contribution is 5.35. The van der Waals surface area contributed by atoms with Crippen LogP contribution >= 0.6 is 0 Å². The predicted octanol–water partition coefficient (Wildman–Crippen LogP) is 2.27. The van der Waals surface area contributed by atoms with Gasteiger partial charge >= 0.3 is 0 Å². The molecule has 2 heterocycles. The minimum Gasteiger partial charge on any atom is -0.350 e. The second kappa shape index (κ2) is 5.30. The Morgan fingerprint density at radius 1 is 0.947 bits per heavy atom. The molecule has 0 fully saturated rings. The fourth-order valence-electron chi connectivity index (χ4n) is 1.76. The van der Waals surface area contributed by atoms with Crippen molar-refractivity contribution in [2.24, 2.45) is 0 Å². The Kier molecular flexibility index (Phi) is 3.18. The third kappa shape index (κ3) is 2.77. The molecule has 3 rings (SSSR count). The maximum absolute atomic E-state index is 4.19. The van der Waals surface area contributed by atoms with E-state index in [0.717, 1.165) is 5.69 Å². The van der Waals surface area contributed by atoms with E-state index in [1.165, 1.54) is 5.56 Å². The molecule has 19 heavy (non-hydrogen) atoms. The van der Waals surface area contributed by atoms with Crippen LogP contribution in [0.25, 0.3) is 5.69 Å². The van der Waals surface area contributed by atoms with Crippen LogP contribution < -0.4 is 5.32 Å². The lowest BCUT2D eigenvalue weighted by Gasteiger charge is -2.06. The highest BCUT2D eigenvalue weighted by Gasteiger charge is 1.98. The number of rotatable bonds is 4. The molecular formula is C14H13N5. The molecule has 1 N–H and O–H groups in total. The Hall–Kier alpha value is -2.69. The van der Waals surface area contributed by atoms with Crippen molar-refractivity contribution in [1.29, 1.82) is 0 Å². The lowest BCUT2D eigenvalue weighted by molar-refractivity contribution is 0.879. The van der Waals surface area contributed by atoms with Gasteiger partial charge in [0.05, 0.1) is 5.69 Å². The van der Waals surface area contributed by atoms with Gasteiger partial charge in [0.1, 0.15) is 0 Å². The normalized spacial score (nSPS) is 10.3. The Morgan fingerprint density at radius 3 is 2.42 bits per heavy atom. The van der Waals surface area contributed by atoms with Gasteiger partial charge in [-0.1, -0.05) is 12.1 Å². The molecule has 0 saturated carbocycles. The van der Waals surface area contributed by atoms with Gasteiger partial charge in [-0.3, -0.25) is 0 Å². The molecule has 0 amide bonds. The molecule has 0 bridgehead atoms. The minimum atomic E-state index is 0.638. The summed E-state index contributed by atoms with van der Waals surface area (Å²) in [6.45, 7) is 0.698. The van der Waals surface area contributed by atoms with Crippen LogP contribution in [0.3, 0.4) is 0 Å². The summed E-state index contributed by atoms with van der Waals surface area (Å²) in [7, 11) is 0. The van der Waals surface area contributed by atoms with Crippen LogP contribution in [0.5, 0.6) is 0 Å². The van der Waals surface area contributed by atoms with Crippen molar-refractivity contribution in [1.82, 2.24) is 19.7 Å². The van der Waals surface area contributed by atoms with Gasteiger partial charge in [0.25, 0.3) is 0 Å². The number of aromatic nitrogens is 4. The van der Waals surface area contributed by atoms with E-state index >= 15 is 0 Å². The van der Waals surface area contributed by atoms with Gasteiger partial charge in [-0.15, -0.1) is 0 Å². The molecular weight excluding hydrogens is 238 g/mol. The lowest BCUT2D eigenvalue weighted by atomic mass is 10.2. The van der Waals surface area contributed by atoms with Crippen LogP contribution in [0.4, 0.5) is 5.95 Å². The molecule has 5 heteroatoms. The number of nitrogens with zero attached hydrogens (tertiary/aromatic N) is 4. The van der Waals surface area contributed by atoms with Gasteiger partial charge in [-0.2, -0.15) is 5.10 Å². The highest BCUT2D eigenvalue weighted by atomic mass is 15.3. The Bertz CT molecular complexity index is 617. The van der Waals surface area contributed by atoms with Crippen LogP contribution in [0, 0.1) is 0 Å². The largest absolute Gasteiger partial charge is 0.350 e. The first-order valence-corrected chi connectivity index (χ1v) is 6.02. The summed E-state index contributed by atoms with van der Waals surface area (Å²) in [5.74, 6) is 0.638. The number of benzene rings is 1. The number of anilines is 1. The number of hydrogen-bond donors (Lipinski definition) is 1. The predicted molar refractivity (Wildman–Crippen MR) is 72.9 cm³/mol. The van der Waals surface area contributed by atoms with Gasteiger partial charge in [-0.25, -0.2) is 14.6 Å².